The van der Waals surface area contributed by atoms with E-state index in [4.69, 9.17) is 16.3 Å². The molecule has 0 heterocycles. The molecule has 174 valence electrons. The van der Waals surface area contributed by atoms with Crippen molar-refractivity contribution in [3.63, 3.8) is 0 Å². The maximum Gasteiger partial charge on any atom is 0.166 e. The number of methoxy groups -OCH3 is 1. The molecule has 3 nitrogen and oxygen atoms in total. The van der Waals surface area contributed by atoms with E-state index >= 15 is 0 Å². The van der Waals surface area contributed by atoms with Crippen molar-refractivity contribution in [3.05, 3.63) is 52.6 Å². The smallest absolute Gasteiger partial charge is 0.166 e. The molecule has 4 aliphatic carbocycles. The van der Waals surface area contributed by atoms with Gasteiger partial charge in [-0.05, 0) is 92.4 Å². The van der Waals surface area contributed by atoms with Crippen LogP contribution in [0.4, 0.5) is 0 Å². The summed E-state index contributed by atoms with van der Waals surface area (Å²) in [7, 11) is 1.69. The van der Waals surface area contributed by atoms with Crippen LogP contribution in [0.25, 0.3) is 0 Å². The van der Waals surface area contributed by atoms with Gasteiger partial charge in [-0.15, -0.1) is 5.92 Å². The lowest BCUT2D eigenvalue weighted by molar-refractivity contribution is -0.125. The Hall–Kier alpha value is -2.02. The lowest BCUT2D eigenvalue weighted by Gasteiger charge is -2.62. The van der Waals surface area contributed by atoms with E-state index in [1.54, 1.807) is 14.0 Å². The highest BCUT2D eigenvalue weighted by atomic mass is 35.5. The first-order valence-electron chi connectivity index (χ1n) is 12.2. The van der Waals surface area contributed by atoms with E-state index < -0.39 is 11.0 Å². The predicted octanol–water partition coefficient (Wildman–Crippen LogP) is 6.02. The Kier molecular flexibility index (Phi) is 5.74. The fourth-order valence-corrected chi connectivity index (χ4v) is 8.08. The van der Waals surface area contributed by atoms with E-state index in [1.165, 1.54) is 11.1 Å². The first kappa shape index (κ1) is 22.8. The summed E-state index contributed by atoms with van der Waals surface area (Å²) < 4.78 is 5.42. The predicted molar refractivity (Wildman–Crippen MR) is 131 cm³/mol. The molecule has 5 rings (SSSR count). The number of carbonyl (C=O) groups excluding carboxylic acids is 1. The number of hydrogen-bond acceptors (Lipinski definition) is 3. The molecule has 0 amide bonds. The molecular weight excluding hydrogens is 432 g/mol. The van der Waals surface area contributed by atoms with Crippen molar-refractivity contribution in [1.29, 1.82) is 0 Å². The molecule has 1 N–H and O–H groups in total. The zero-order valence-electron chi connectivity index (χ0n) is 19.7. The highest BCUT2D eigenvalue weighted by Crippen LogP contribution is 2.67. The second kappa shape index (κ2) is 8.33. The minimum absolute atomic E-state index is 0.261. The van der Waals surface area contributed by atoms with Crippen molar-refractivity contribution in [1.82, 2.24) is 0 Å². The molecule has 4 aliphatic rings. The van der Waals surface area contributed by atoms with Gasteiger partial charge in [-0.1, -0.05) is 48.2 Å². The molecule has 0 saturated heterocycles. The van der Waals surface area contributed by atoms with Gasteiger partial charge in [0.15, 0.2) is 11.4 Å². The van der Waals surface area contributed by atoms with Crippen LogP contribution in [0.3, 0.4) is 0 Å². The van der Waals surface area contributed by atoms with Gasteiger partial charge in [0, 0.05) is 11.8 Å². The van der Waals surface area contributed by atoms with E-state index in [9.17, 15) is 9.90 Å². The van der Waals surface area contributed by atoms with Crippen molar-refractivity contribution in [2.75, 3.05) is 7.11 Å². The summed E-state index contributed by atoms with van der Waals surface area (Å²) >= 11 is 6.69. The molecule has 7 atom stereocenters. The molecule has 1 aromatic carbocycles. The number of hydrogen-bond donors (Lipinski definition) is 1. The lowest BCUT2D eigenvalue weighted by atomic mass is 9.43. The van der Waals surface area contributed by atoms with E-state index in [0.717, 1.165) is 37.9 Å². The largest absolute Gasteiger partial charge is 0.497 e. The Balaban J connectivity index is 1.65. The zero-order chi connectivity index (χ0) is 23.4. The summed E-state index contributed by atoms with van der Waals surface area (Å²) in [5.74, 6) is 9.14. The number of rotatable bonds is 2. The van der Waals surface area contributed by atoms with Crippen LogP contribution >= 0.6 is 11.6 Å². The Morgan fingerprint density at radius 3 is 2.61 bits per heavy atom. The summed E-state index contributed by atoms with van der Waals surface area (Å²) in [6, 6.07) is 8.44. The van der Waals surface area contributed by atoms with Gasteiger partial charge in [0.05, 0.1) is 12.1 Å². The van der Waals surface area contributed by atoms with Crippen LogP contribution in [0.2, 0.25) is 0 Å². The monoisotopic (exact) mass is 464 g/mol. The number of fused-ring (bicyclic) bond motifs is 5. The average Bonchev–Trinajstić information content (AvgIpc) is 2.81. The number of ether oxygens (including phenoxy) is 1. The number of halogens is 1. The summed E-state index contributed by atoms with van der Waals surface area (Å²) in [4.78, 5) is 12.2. The fraction of sp³-hybridized carbons (Fsp3) is 0.552. The van der Waals surface area contributed by atoms with Crippen LogP contribution in [0.5, 0.6) is 5.75 Å². The number of benzene rings is 1. The van der Waals surface area contributed by atoms with Crippen molar-refractivity contribution >= 4 is 17.4 Å². The minimum Gasteiger partial charge on any atom is -0.497 e. The van der Waals surface area contributed by atoms with Crippen LogP contribution in [-0.2, 0) is 4.79 Å². The van der Waals surface area contributed by atoms with Gasteiger partial charge in [0.25, 0.3) is 0 Å². The van der Waals surface area contributed by atoms with Gasteiger partial charge in [0.1, 0.15) is 5.75 Å². The number of allylic oxidation sites excluding steroid dienone is 3. The zero-order valence-corrected chi connectivity index (χ0v) is 20.5. The summed E-state index contributed by atoms with van der Waals surface area (Å²) in [6.07, 6.45) is 9.27. The van der Waals surface area contributed by atoms with Crippen molar-refractivity contribution < 1.29 is 14.6 Å². The van der Waals surface area contributed by atoms with Gasteiger partial charge < -0.3 is 9.84 Å². The first-order valence-corrected chi connectivity index (χ1v) is 12.6. The van der Waals surface area contributed by atoms with Crippen LogP contribution in [0, 0.1) is 40.9 Å². The molecule has 33 heavy (non-hydrogen) atoms. The second-order valence-electron chi connectivity index (χ2n) is 10.6. The Morgan fingerprint density at radius 1 is 1.15 bits per heavy atom. The minimum atomic E-state index is -1.33. The lowest BCUT2D eigenvalue weighted by Crippen LogP contribution is -2.60. The van der Waals surface area contributed by atoms with Gasteiger partial charge in [-0.3, -0.25) is 4.79 Å². The highest BCUT2D eigenvalue weighted by Gasteiger charge is 2.63. The number of carbonyl (C=O) groups is 1. The van der Waals surface area contributed by atoms with Crippen molar-refractivity contribution in [2.24, 2.45) is 29.1 Å². The van der Waals surface area contributed by atoms with Crippen LogP contribution in [0.1, 0.15) is 63.9 Å². The van der Waals surface area contributed by atoms with Crippen LogP contribution in [-0.4, -0.2) is 23.6 Å². The second-order valence-corrected chi connectivity index (χ2v) is 11.0. The van der Waals surface area contributed by atoms with Crippen LogP contribution in [0.15, 0.2) is 47.0 Å². The maximum absolute atomic E-state index is 12.2. The number of ketones is 1. The molecule has 4 heteroatoms. The SMILES string of the molecule is CC#CC1(O)C(Cl)=CC[C@H]2[C@@H]3CCC4=CC(=O)CC[C@@H]4[C@H]3[C@@H](c3ccc(OC)cc3)C[C@@]21C. The van der Waals surface area contributed by atoms with E-state index in [1.807, 2.05) is 24.3 Å². The highest BCUT2D eigenvalue weighted by molar-refractivity contribution is 6.31. The summed E-state index contributed by atoms with van der Waals surface area (Å²) in [6.45, 7) is 3.98. The van der Waals surface area contributed by atoms with E-state index in [2.05, 4.69) is 30.9 Å². The molecule has 0 spiro atoms. The molecular formula is C29H33ClO3. The van der Waals surface area contributed by atoms with Gasteiger partial charge in [0.2, 0.25) is 0 Å². The molecule has 2 saturated carbocycles. The standard InChI is InChI=1S/C29H33ClO3/c1-4-15-29(32)26(30)14-13-25-23-11-7-19-16-20(31)8-12-22(19)27(23)24(17-28(25,29)2)18-5-9-21(33-3)10-6-18/h5-6,9-10,14,16,22-25,27,32H,7-8,11-13,17H2,1-3H3/t22-,23-,24+,25-,27+,28-,29?/m0/s1. The third-order valence-electron chi connectivity index (χ3n) is 9.27. The molecule has 0 bridgehead atoms. The van der Waals surface area contributed by atoms with Gasteiger partial charge in [-0.25, -0.2) is 0 Å². The molecule has 0 radical (unpaired) electrons. The molecule has 0 aromatic heterocycles. The Morgan fingerprint density at radius 2 is 1.91 bits per heavy atom. The third kappa shape index (κ3) is 3.41. The Labute approximate surface area is 202 Å². The topological polar surface area (TPSA) is 46.5 Å². The molecule has 1 aromatic rings. The molecule has 2 fully saturated rings. The third-order valence-corrected chi connectivity index (χ3v) is 9.69. The van der Waals surface area contributed by atoms with Crippen LogP contribution < -0.4 is 4.74 Å². The van der Waals surface area contributed by atoms with Crippen molar-refractivity contribution in [3.8, 4) is 17.6 Å². The first-order chi connectivity index (χ1) is 15.8. The normalized spacial score (nSPS) is 39.7. The van der Waals surface area contributed by atoms with Crippen molar-refractivity contribution in [2.45, 2.75) is 63.9 Å². The molecule has 0 aliphatic heterocycles. The van der Waals surface area contributed by atoms with E-state index in [0.29, 0.717) is 35.1 Å². The summed E-state index contributed by atoms with van der Waals surface area (Å²) in [5, 5.41) is 12.4. The average molecular weight is 465 g/mol. The van der Waals surface area contributed by atoms with E-state index in [-0.39, 0.29) is 11.7 Å². The maximum atomic E-state index is 12.2. The Bertz CT molecular complexity index is 1070. The molecule has 1 unspecified atom stereocenters. The number of aliphatic hydroxyl groups is 1. The van der Waals surface area contributed by atoms with Gasteiger partial charge in [-0.2, -0.15) is 0 Å². The quantitative estimate of drug-likeness (QED) is 0.544. The van der Waals surface area contributed by atoms with Gasteiger partial charge >= 0.3 is 0 Å². The fourth-order valence-electron chi connectivity index (χ4n) is 7.73. The summed E-state index contributed by atoms with van der Waals surface area (Å²) in [5.41, 5.74) is 0.851.